The van der Waals surface area contributed by atoms with Crippen LogP contribution in [0.1, 0.15) is 31.9 Å². The second-order valence-corrected chi connectivity index (χ2v) is 4.12. The smallest absolute Gasteiger partial charge is 0.165 e. The van der Waals surface area contributed by atoms with Crippen molar-refractivity contribution in [3.8, 4) is 5.75 Å². The first-order valence-corrected chi connectivity index (χ1v) is 6.33. The second-order valence-electron chi connectivity index (χ2n) is 4.12. The van der Waals surface area contributed by atoms with E-state index in [2.05, 4.69) is 5.32 Å². The maximum atomic E-state index is 13.3. The van der Waals surface area contributed by atoms with Crippen molar-refractivity contribution in [2.24, 2.45) is 0 Å². The van der Waals surface area contributed by atoms with E-state index in [0.717, 1.165) is 31.7 Å². The average molecular weight is 255 g/mol. The number of benzene rings is 1. The highest BCUT2D eigenvalue weighted by atomic mass is 19.1. The lowest BCUT2D eigenvalue weighted by atomic mass is 10.1. The Kier molecular flexibility index (Phi) is 6.68. The van der Waals surface area contributed by atoms with E-state index in [9.17, 15) is 4.39 Å². The predicted molar refractivity (Wildman–Crippen MR) is 70.5 cm³/mol. The molecule has 1 rings (SSSR count). The molecule has 18 heavy (non-hydrogen) atoms. The molecule has 0 saturated carbocycles. The van der Waals surface area contributed by atoms with Crippen molar-refractivity contribution in [2.45, 2.75) is 26.3 Å². The van der Waals surface area contributed by atoms with E-state index < -0.39 is 0 Å². The fourth-order valence-corrected chi connectivity index (χ4v) is 1.70. The summed E-state index contributed by atoms with van der Waals surface area (Å²) in [5.41, 5.74) is 1.02. The molecule has 0 aromatic heterocycles. The molecule has 1 aromatic carbocycles. The zero-order valence-electron chi connectivity index (χ0n) is 11.3. The fraction of sp³-hybridized carbons (Fsp3) is 0.571. The summed E-state index contributed by atoms with van der Waals surface area (Å²) in [6, 6.07) is 5.11. The maximum absolute atomic E-state index is 13.3. The van der Waals surface area contributed by atoms with Crippen molar-refractivity contribution >= 4 is 0 Å². The molecule has 0 aliphatic heterocycles. The molecular weight excluding hydrogens is 233 g/mol. The third-order valence-electron chi connectivity index (χ3n) is 2.80. The van der Waals surface area contributed by atoms with Crippen molar-refractivity contribution in [3.05, 3.63) is 29.6 Å². The maximum Gasteiger partial charge on any atom is 0.165 e. The van der Waals surface area contributed by atoms with Crippen LogP contribution in [0.5, 0.6) is 5.75 Å². The van der Waals surface area contributed by atoms with E-state index in [1.807, 2.05) is 13.8 Å². The third-order valence-corrected chi connectivity index (χ3v) is 2.80. The molecule has 102 valence electrons. The average Bonchev–Trinajstić information content (AvgIpc) is 2.38. The van der Waals surface area contributed by atoms with Crippen LogP contribution in [-0.4, -0.2) is 26.9 Å². The predicted octanol–water partition coefficient (Wildman–Crippen LogP) is 2.91. The summed E-state index contributed by atoms with van der Waals surface area (Å²) in [6.45, 7) is 6.43. The minimum Gasteiger partial charge on any atom is -0.494 e. The SMILES string of the molecule is CCOCCCNC(C)c1ccc(F)c(OC)c1. The number of rotatable bonds is 8. The first-order chi connectivity index (χ1) is 8.69. The van der Waals surface area contributed by atoms with E-state index in [4.69, 9.17) is 9.47 Å². The summed E-state index contributed by atoms with van der Waals surface area (Å²) in [5.74, 6) is -0.0414. The molecule has 4 heteroatoms. The van der Waals surface area contributed by atoms with E-state index in [1.165, 1.54) is 13.2 Å². The van der Waals surface area contributed by atoms with Crippen molar-refractivity contribution < 1.29 is 13.9 Å². The highest BCUT2D eigenvalue weighted by Crippen LogP contribution is 2.22. The van der Waals surface area contributed by atoms with Gasteiger partial charge in [-0.05, 0) is 44.5 Å². The molecule has 0 aliphatic carbocycles. The Balaban J connectivity index is 2.43. The Bertz CT molecular complexity index is 358. The standard InChI is InChI=1S/C14H22FNO2/c1-4-18-9-5-8-16-11(2)12-6-7-13(15)14(10-12)17-3/h6-7,10-11,16H,4-5,8-9H2,1-3H3. The van der Waals surface area contributed by atoms with Crippen molar-refractivity contribution in [1.82, 2.24) is 5.32 Å². The van der Waals surface area contributed by atoms with Crippen LogP contribution in [-0.2, 0) is 4.74 Å². The normalized spacial score (nSPS) is 12.4. The van der Waals surface area contributed by atoms with Gasteiger partial charge in [0.25, 0.3) is 0 Å². The molecule has 0 heterocycles. The molecule has 0 saturated heterocycles. The molecule has 3 nitrogen and oxygen atoms in total. The number of ether oxygens (including phenoxy) is 2. The van der Waals surface area contributed by atoms with Crippen LogP contribution in [0.2, 0.25) is 0 Å². The van der Waals surface area contributed by atoms with Crippen LogP contribution >= 0.6 is 0 Å². The zero-order valence-corrected chi connectivity index (χ0v) is 11.3. The zero-order chi connectivity index (χ0) is 13.4. The largest absolute Gasteiger partial charge is 0.494 e. The molecule has 1 aromatic rings. The summed E-state index contributed by atoms with van der Waals surface area (Å²) in [7, 11) is 1.47. The van der Waals surface area contributed by atoms with Gasteiger partial charge in [0.15, 0.2) is 11.6 Å². The molecule has 0 amide bonds. The lowest BCUT2D eigenvalue weighted by molar-refractivity contribution is 0.144. The molecule has 0 fully saturated rings. The molecule has 1 unspecified atom stereocenters. The number of halogens is 1. The van der Waals surface area contributed by atoms with Crippen LogP contribution < -0.4 is 10.1 Å². The Hall–Kier alpha value is -1.13. The number of hydrogen-bond acceptors (Lipinski definition) is 3. The number of methoxy groups -OCH3 is 1. The van der Waals surface area contributed by atoms with Gasteiger partial charge in [-0.3, -0.25) is 0 Å². The van der Waals surface area contributed by atoms with Crippen LogP contribution in [0.4, 0.5) is 4.39 Å². The molecule has 1 atom stereocenters. The van der Waals surface area contributed by atoms with Gasteiger partial charge < -0.3 is 14.8 Å². The summed E-state index contributed by atoms with van der Waals surface area (Å²) in [4.78, 5) is 0. The Labute approximate surface area is 108 Å². The van der Waals surface area contributed by atoms with Gasteiger partial charge in [0, 0.05) is 19.3 Å². The van der Waals surface area contributed by atoms with Gasteiger partial charge in [-0.2, -0.15) is 0 Å². The van der Waals surface area contributed by atoms with Gasteiger partial charge >= 0.3 is 0 Å². The van der Waals surface area contributed by atoms with E-state index in [0.29, 0.717) is 0 Å². The molecular formula is C14H22FNO2. The molecule has 0 spiro atoms. The van der Waals surface area contributed by atoms with Crippen LogP contribution in [0.3, 0.4) is 0 Å². The highest BCUT2D eigenvalue weighted by molar-refractivity contribution is 5.31. The Morgan fingerprint density at radius 1 is 1.39 bits per heavy atom. The first-order valence-electron chi connectivity index (χ1n) is 6.33. The third kappa shape index (κ3) is 4.63. The highest BCUT2D eigenvalue weighted by Gasteiger charge is 2.08. The molecule has 1 N–H and O–H groups in total. The topological polar surface area (TPSA) is 30.5 Å². The summed E-state index contributed by atoms with van der Waals surface area (Å²) >= 11 is 0. The lowest BCUT2D eigenvalue weighted by Gasteiger charge is -2.15. The molecule has 0 bridgehead atoms. The van der Waals surface area contributed by atoms with Gasteiger partial charge in [0.1, 0.15) is 0 Å². The van der Waals surface area contributed by atoms with Gasteiger partial charge in [0.2, 0.25) is 0 Å². The van der Waals surface area contributed by atoms with E-state index >= 15 is 0 Å². The Morgan fingerprint density at radius 3 is 2.83 bits per heavy atom. The van der Waals surface area contributed by atoms with Crippen LogP contribution in [0.15, 0.2) is 18.2 Å². The van der Waals surface area contributed by atoms with Gasteiger partial charge in [-0.25, -0.2) is 4.39 Å². The fourth-order valence-electron chi connectivity index (χ4n) is 1.70. The van der Waals surface area contributed by atoms with Gasteiger partial charge in [-0.15, -0.1) is 0 Å². The molecule has 0 radical (unpaired) electrons. The quantitative estimate of drug-likeness (QED) is 0.724. The summed E-state index contributed by atoms with van der Waals surface area (Å²) in [6.07, 6.45) is 0.969. The number of hydrogen-bond donors (Lipinski definition) is 1. The van der Waals surface area contributed by atoms with Crippen molar-refractivity contribution in [1.29, 1.82) is 0 Å². The van der Waals surface area contributed by atoms with Crippen molar-refractivity contribution in [2.75, 3.05) is 26.9 Å². The lowest BCUT2D eigenvalue weighted by Crippen LogP contribution is -2.21. The van der Waals surface area contributed by atoms with E-state index in [1.54, 1.807) is 12.1 Å². The van der Waals surface area contributed by atoms with Crippen LogP contribution in [0.25, 0.3) is 0 Å². The first kappa shape index (κ1) is 14.9. The molecule has 0 aliphatic rings. The summed E-state index contributed by atoms with van der Waals surface area (Å²) in [5, 5.41) is 3.37. The van der Waals surface area contributed by atoms with E-state index in [-0.39, 0.29) is 17.6 Å². The number of nitrogens with one attached hydrogen (secondary N) is 1. The van der Waals surface area contributed by atoms with Gasteiger partial charge in [-0.1, -0.05) is 6.07 Å². The van der Waals surface area contributed by atoms with Crippen LogP contribution in [0, 0.1) is 5.82 Å². The van der Waals surface area contributed by atoms with Gasteiger partial charge in [0.05, 0.1) is 7.11 Å². The monoisotopic (exact) mass is 255 g/mol. The minimum atomic E-state index is -0.329. The van der Waals surface area contributed by atoms with Crippen molar-refractivity contribution in [3.63, 3.8) is 0 Å². The Morgan fingerprint density at radius 2 is 2.17 bits per heavy atom. The summed E-state index contributed by atoms with van der Waals surface area (Å²) < 4.78 is 23.5. The minimum absolute atomic E-state index is 0.168. The second kappa shape index (κ2) is 8.06.